The molecule has 0 aliphatic carbocycles. The smallest absolute Gasteiger partial charge is 0.0548 e. The van der Waals surface area contributed by atoms with Crippen LogP contribution in [0.5, 0.6) is 5.75 Å². The van der Waals surface area contributed by atoms with Crippen molar-refractivity contribution in [1.29, 1.82) is 0 Å². The fourth-order valence-corrected chi connectivity index (χ4v) is 18.6. The number of phenolic OH excluding ortho intramolecular Hbond substituents is 1. The van der Waals surface area contributed by atoms with Gasteiger partial charge in [-0.25, -0.2) is 0 Å². The molecule has 0 atom stereocenters. The third-order valence-electron chi connectivity index (χ3n) is 18.9. The van der Waals surface area contributed by atoms with Crippen LogP contribution in [-0.4, -0.2) is 24.9 Å². The van der Waals surface area contributed by atoms with Gasteiger partial charge in [-0.05, 0) is 19.4 Å². The summed E-state index contributed by atoms with van der Waals surface area (Å²) in [6.07, 6.45) is 0. The molecule has 0 aliphatic rings. The van der Waals surface area contributed by atoms with Crippen LogP contribution in [0.4, 0.5) is 0 Å². The topological polar surface area (TPSA) is 58.6 Å². The second kappa shape index (κ2) is 31.2. The monoisotopic (exact) mass is 1360 g/mol. The van der Waals surface area contributed by atoms with Crippen molar-refractivity contribution in [2.24, 2.45) is 0 Å². The Balaban J connectivity index is 1.16. The Morgan fingerprint density at radius 1 is 0.385 bits per heavy atom. The Hall–Kier alpha value is -7.70. The summed E-state index contributed by atoms with van der Waals surface area (Å²) < 4.78 is 7.26. The van der Waals surface area contributed by atoms with Crippen molar-refractivity contribution in [2.75, 3.05) is 0 Å². The minimum atomic E-state index is -0.437. The number of rotatable bonds is 24. The molecule has 96 heavy (non-hydrogen) atoms. The van der Waals surface area contributed by atoms with E-state index in [9.17, 15) is 9.90 Å². The predicted molar refractivity (Wildman–Crippen MR) is 413 cm³/mol. The molecule has 6 heteroatoms. The molecule has 10 aromatic rings. The van der Waals surface area contributed by atoms with E-state index < -0.39 is 19.8 Å². The molecule has 2 N–H and O–H groups in total. The standard InChI is InChI=1S/C90H101NO3SSe/c1-53(2)73-24-19-25-74(54(3)4)85(73)69-43-67(44-70(47-69)86-75(55(5)6)26-20-27-76(86)56(7)8)81-32-23-33-82(68-45-71(87-77(57(9)10)28-21-29-78(87)58(11)12)48-72(46-68)88-79(59(13)14)30-22-31-80(88)60(15)16)89(81)96-95-84-49-66(38-39-83(84)92)90(93)94-52-64-36-34-63(35-37-64)50-91-51-65-41-61(17)40-62(18)42-65/h19-49,53-60,91-92H,50-52H2,1-18H3. The van der Waals surface area contributed by atoms with Gasteiger partial charge in [0.15, 0.2) is 0 Å². The molecule has 0 bridgehead atoms. The molecule has 4 nitrogen and oxygen atoms in total. The van der Waals surface area contributed by atoms with Crippen LogP contribution in [0.25, 0.3) is 66.8 Å². The van der Waals surface area contributed by atoms with E-state index in [1.54, 1.807) is 22.3 Å². The Bertz CT molecular complexity index is 3930. The van der Waals surface area contributed by atoms with E-state index in [4.69, 9.17) is 4.74 Å². The van der Waals surface area contributed by atoms with E-state index in [-0.39, 0.29) is 59.7 Å². The van der Waals surface area contributed by atoms with E-state index in [1.807, 2.05) is 18.2 Å². The van der Waals surface area contributed by atoms with Gasteiger partial charge in [0, 0.05) is 6.54 Å². The predicted octanol–water partition coefficient (Wildman–Crippen LogP) is 24.7. The first-order valence-electron chi connectivity index (χ1n) is 35.0. The number of aromatic hydroxyl groups is 1. The average molecular weight is 1360 g/mol. The van der Waals surface area contributed by atoms with Gasteiger partial charge < -0.3 is 5.32 Å². The van der Waals surface area contributed by atoms with Crippen molar-refractivity contribution in [2.45, 2.75) is 197 Å². The van der Waals surface area contributed by atoms with Gasteiger partial charge in [-0.1, -0.05) is 29.3 Å². The zero-order chi connectivity index (χ0) is 68.8. The molecule has 0 aliphatic heterocycles. The summed E-state index contributed by atoms with van der Waals surface area (Å²) in [5, 5.41) is 15.6. The maximum Gasteiger partial charge on any atom is -0.0548 e. The van der Waals surface area contributed by atoms with Crippen LogP contribution in [0.2, 0.25) is 0 Å². The number of benzene rings is 10. The van der Waals surface area contributed by atoms with Crippen LogP contribution >= 0.6 is 10.2 Å². The van der Waals surface area contributed by atoms with Crippen molar-refractivity contribution >= 4 is 34.4 Å². The largest absolute Gasteiger partial charge is 0.0548 e. The summed E-state index contributed by atoms with van der Waals surface area (Å²) in [7, 11) is 1.62. The molecule has 0 spiro atoms. The van der Waals surface area contributed by atoms with Crippen molar-refractivity contribution < 1.29 is 14.6 Å². The number of aryl methyl sites for hydroxylation is 2. The molecular weight excluding hydrogens is 1250 g/mol. The Labute approximate surface area is 585 Å². The van der Waals surface area contributed by atoms with Crippen LogP contribution < -0.4 is 9.78 Å². The molecular formula is C90H101NO3SSe. The van der Waals surface area contributed by atoms with Gasteiger partial charge in [0.1, 0.15) is 0 Å². The van der Waals surface area contributed by atoms with Gasteiger partial charge in [0.25, 0.3) is 0 Å². The molecule has 496 valence electrons. The fourth-order valence-electron chi connectivity index (χ4n) is 14.1. The van der Waals surface area contributed by atoms with E-state index in [1.165, 1.54) is 110 Å². The fraction of sp³-hybridized carbons (Fsp3) is 0.322. The van der Waals surface area contributed by atoms with Crippen molar-refractivity contribution in [1.82, 2.24) is 5.32 Å². The molecule has 0 fully saturated rings. The minimum Gasteiger partial charge on any atom is -0.0548 e. The average Bonchev–Trinajstić information content (AvgIpc) is 0.774. The third kappa shape index (κ3) is 16.1. The molecule has 0 saturated carbocycles. The second-order valence-corrected chi connectivity index (χ2v) is 32.8. The van der Waals surface area contributed by atoms with Gasteiger partial charge in [0.05, 0.1) is 0 Å². The van der Waals surface area contributed by atoms with Crippen LogP contribution in [0.1, 0.15) is 241 Å². The summed E-state index contributed by atoms with van der Waals surface area (Å²) in [4.78, 5) is 14.9. The van der Waals surface area contributed by atoms with E-state index in [0.29, 0.717) is 10.5 Å². The summed E-state index contributed by atoms with van der Waals surface area (Å²) in [5.41, 5.74) is 31.7. The summed E-state index contributed by atoms with van der Waals surface area (Å²) in [5.74, 6) is 1.98. The summed E-state index contributed by atoms with van der Waals surface area (Å²) in [6.45, 7) is 43.1. The molecule has 0 saturated heterocycles. The molecule has 0 heterocycles. The molecule has 10 rings (SSSR count). The third-order valence-corrected chi connectivity index (χ3v) is 23.3. The van der Waals surface area contributed by atoms with Gasteiger partial charge in [0.2, 0.25) is 0 Å². The number of carbonyl (C=O) groups is 1. The maximum absolute atomic E-state index is 14.2. The number of hydrogen-bond acceptors (Lipinski definition) is 5. The van der Waals surface area contributed by atoms with Crippen molar-refractivity contribution in [3.05, 3.63) is 266 Å². The molecule has 0 amide bonds. The Morgan fingerprint density at radius 3 is 1.06 bits per heavy atom. The summed E-state index contributed by atoms with van der Waals surface area (Å²) in [6, 6.07) is 69.6. The molecule has 10 aromatic carbocycles. The first-order chi connectivity index (χ1) is 45.9. The number of nitrogens with one attached hydrogen (secondary N) is 1. The number of esters is 1. The Kier molecular flexibility index (Phi) is 23.1. The van der Waals surface area contributed by atoms with Crippen molar-refractivity contribution in [3.8, 4) is 72.5 Å². The zero-order valence-electron chi connectivity index (χ0n) is 60.2. The van der Waals surface area contributed by atoms with Gasteiger partial charge in [-0.15, -0.1) is 0 Å². The number of phenols is 1. The zero-order valence-corrected chi connectivity index (χ0v) is 62.7. The molecule has 0 aromatic heterocycles. The molecule has 0 radical (unpaired) electrons. The first kappa shape index (κ1) is 71.1. The van der Waals surface area contributed by atoms with Crippen LogP contribution in [0.3, 0.4) is 0 Å². The quantitative estimate of drug-likeness (QED) is 0.0466. The summed E-state index contributed by atoms with van der Waals surface area (Å²) >= 11 is -0.399. The van der Waals surface area contributed by atoms with Crippen LogP contribution in [-0.2, 0) is 24.4 Å². The van der Waals surface area contributed by atoms with Crippen LogP contribution in [0, 0.1) is 13.8 Å². The SMILES string of the molecule is Cc1cc(C)cc(CNCc2ccc(COC(=O)c3ccc(O)c(S[Se]c4c(-c5cc(-c6c(C(C)C)cccc6C(C)C)cc(-c6c(C(C)C)cccc6C(C)C)c5)cccc4-c4cc(-c5c(C(C)C)cccc5C(C)C)cc(-c5c(C(C)C)cccc5C(C)C)c4)c3)cc2)c1. The second-order valence-electron chi connectivity index (χ2n) is 29.1. The van der Waals surface area contributed by atoms with Crippen LogP contribution in [0.15, 0.2) is 193 Å². The van der Waals surface area contributed by atoms with E-state index >= 15 is 0 Å². The van der Waals surface area contributed by atoms with Crippen molar-refractivity contribution in [3.63, 3.8) is 0 Å². The first-order valence-corrected chi connectivity index (χ1v) is 38.7. The van der Waals surface area contributed by atoms with Gasteiger partial charge in [-0.3, -0.25) is 0 Å². The van der Waals surface area contributed by atoms with E-state index in [0.717, 1.165) is 46.5 Å². The van der Waals surface area contributed by atoms with Gasteiger partial charge in [-0.2, -0.15) is 0 Å². The number of carbonyl (C=O) groups excluding carboxylic acids is 1. The molecule has 0 unspecified atom stereocenters. The van der Waals surface area contributed by atoms with Gasteiger partial charge >= 0.3 is 529 Å². The number of hydrogen-bond donors (Lipinski definition) is 2. The van der Waals surface area contributed by atoms with E-state index in [2.05, 4.69) is 288 Å². The number of ether oxygens (including phenoxy) is 1. The maximum atomic E-state index is 14.2. The Morgan fingerprint density at radius 2 is 0.708 bits per heavy atom. The normalized spacial score (nSPS) is 11.9. The minimum absolute atomic E-state index is 0.127.